The number of hydrogen-bond acceptors (Lipinski definition) is 3. The van der Waals surface area contributed by atoms with E-state index < -0.39 is 14.9 Å². The summed E-state index contributed by atoms with van der Waals surface area (Å²) in [5.41, 5.74) is 1.19. The third kappa shape index (κ3) is 2.97. The van der Waals surface area contributed by atoms with Crippen LogP contribution in [0.3, 0.4) is 0 Å². The molecule has 0 atom stereocenters. The highest BCUT2D eigenvalue weighted by Crippen LogP contribution is 2.25. The van der Waals surface area contributed by atoms with Gasteiger partial charge in [0.1, 0.15) is 10.7 Å². The molecule has 2 rings (SSSR count). The molecule has 0 spiro atoms. The summed E-state index contributed by atoms with van der Waals surface area (Å²) in [6.07, 6.45) is 0. The lowest BCUT2D eigenvalue weighted by molar-refractivity contribution is 0.606. The second-order valence-corrected chi connectivity index (χ2v) is 7.24. The normalized spacial score (nSPS) is 11.8. The van der Waals surface area contributed by atoms with Gasteiger partial charge in [0.05, 0.1) is 17.9 Å². The fourth-order valence-corrected chi connectivity index (χ4v) is 3.71. The van der Waals surface area contributed by atoms with Gasteiger partial charge in [-0.2, -0.15) is 5.10 Å². The van der Waals surface area contributed by atoms with Crippen LogP contribution in [-0.2, 0) is 15.6 Å². The van der Waals surface area contributed by atoms with Crippen molar-refractivity contribution in [1.82, 2.24) is 9.78 Å². The van der Waals surface area contributed by atoms with Gasteiger partial charge in [0.25, 0.3) is 9.05 Å². The molecule has 0 fully saturated rings. The molecule has 0 bridgehead atoms. The Morgan fingerprint density at radius 2 is 2.00 bits per heavy atom. The van der Waals surface area contributed by atoms with Crippen LogP contribution in [0.25, 0.3) is 0 Å². The number of hydrogen-bond donors (Lipinski definition) is 0. The van der Waals surface area contributed by atoms with E-state index in [9.17, 15) is 12.8 Å². The van der Waals surface area contributed by atoms with Crippen LogP contribution in [0.4, 0.5) is 4.39 Å². The number of nitrogens with zero attached hydrogens (tertiary/aromatic N) is 2. The predicted molar refractivity (Wildman–Crippen MR) is 75.3 cm³/mol. The van der Waals surface area contributed by atoms with Crippen LogP contribution in [0, 0.1) is 19.7 Å². The van der Waals surface area contributed by atoms with Crippen molar-refractivity contribution >= 4 is 31.3 Å². The fraction of sp³-hybridized carbons (Fsp3) is 0.250. The molecule has 0 unspecified atom stereocenters. The molecule has 0 saturated heterocycles. The number of benzene rings is 1. The molecule has 0 radical (unpaired) electrons. The lowest BCUT2D eigenvalue weighted by Gasteiger charge is -2.07. The molecule has 0 amide bonds. The van der Waals surface area contributed by atoms with E-state index in [4.69, 9.17) is 22.3 Å². The van der Waals surface area contributed by atoms with Gasteiger partial charge in [-0.05, 0) is 37.6 Å². The number of aromatic nitrogens is 2. The summed E-state index contributed by atoms with van der Waals surface area (Å²) in [6.45, 7) is 3.30. The Bertz CT molecular complexity index is 772. The van der Waals surface area contributed by atoms with Gasteiger partial charge in [0.2, 0.25) is 0 Å². The van der Waals surface area contributed by atoms with Gasteiger partial charge in [-0.25, -0.2) is 12.8 Å². The first-order valence-electron chi connectivity index (χ1n) is 5.62. The van der Waals surface area contributed by atoms with Crippen LogP contribution >= 0.6 is 22.3 Å². The molecule has 2 aromatic rings. The van der Waals surface area contributed by atoms with E-state index in [1.807, 2.05) is 0 Å². The zero-order valence-electron chi connectivity index (χ0n) is 10.7. The lowest BCUT2D eigenvalue weighted by atomic mass is 10.2. The molecule has 20 heavy (non-hydrogen) atoms. The highest BCUT2D eigenvalue weighted by Gasteiger charge is 2.22. The van der Waals surface area contributed by atoms with Crippen molar-refractivity contribution in [2.45, 2.75) is 25.3 Å². The largest absolute Gasteiger partial charge is 0.264 e. The minimum atomic E-state index is -3.87. The monoisotopic (exact) mass is 336 g/mol. The topological polar surface area (TPSA) is 52.0 Å². The number of aryl methyl sites for hydroxylation is 1. The van der Waals surface area contributed by atoms with Gasteiger partial charge in [-0.1, -0.05) is 11.6 Å². The highest BCUT2D eigenvalue weighted by atomic mass is 35.7. The van der Waals surface area contributed by atoms with Crippen molar-refractivity contribution in [1.29, 1.82) is 0 Å². The van der Waals surface area contributed by atoms with Gasteiger partial charge in [-0.15, -0.1) is 0 Å². The Kier molecular flexibility index (Phi) is 4.09. The Labute approximate surface area is 125 Å². The Morgan fingerprint density at radius 3 is 2.55 bits per heavy atom. The summed E-state index contributed by atoms with van der Waals surface area (Å²) in [7, 11) is 1.50. The zero-order chi connectivity index (χ0) is 15.1. The fourth-order valence-electron chi connectivity index (χ4n) is 2.01. The van der Waals surface area contributed by atoms with Crippen LogP contribution < -0.4 is 0 Å². The van der Waals surface area contributed by atoms with E-state index >= 15 is 0 Å². The minimum Gasteiger partial charge on any atom is -0.264 e. The minimum absolute atomic E-state index is 0.0216. The molecule has 1 aromatic carbocycles. The molecule has 0 aliphatic carbocycles. The third-order valence-electron chi connectivity index (χ3n) is 2.89. The molecule has 108 valence electrons. The van der Waals surface area contributed by atoms with Crippen molar-refractivity contribution in [3.8, 4) is 0 Å². The van der Waals surface area contributed by atoms with Crippen molar-refractivity contribution in [2.24, 2.45) is 0 Å². The smallest absolute Gasteiger partial charge is 0.264 e. The molecular formula is C12H11Cl2FN2O2S. The van der Waals surface area contributed by atoms with Crippen LogP contribution in [0.1, 0.15) is 17.0 Å². The summed E-state index contributed by atoms with van der Waals surface area (Å²) in [5.74, 6) is -0.420. The average molecular weight is 337 g/mol. The Morgan fingerprint density at radius 1 is 1.35 bits per heavy atom. The summed E-state index contributed by atoms with van der Waals surface area (Å²) < 4.78 is 37.6. The molecule has 4 nitrogen and oxygen atoms in total. The lowest BCUT2D eigenvalue weighted by Crippen LogP contribution is -2.05. The molecule has 0 N–H and O–H groups in total. The maximum absolute atomic E-state index is 13.2. The van der Waals surface area contributed by atoms with Gasteiger partial charge in [0, 0.05) is 15.7 Å². The van der Waals surface area contributed by atoms with Gasteiger partial charge in [-0.3, -0.25) is 4.68 Å². The molecule has 8 heteroatoms. The Balaban J connectivity index is 2.48. The van der Waals surface area contributed by atoms with Crippen molar-refractivity contribution < 1.29 is 12.8 Å². The second-order valence-electron chi connectivity index (χ2n) is 4.33. The van der Waals surface area contributed by atoms with Crippen molar-refractivity contribution in [3.05, 3.63) is 46.0 Å². The van der Waals surface area contributed by atoms with E-state index in [0.717, 1.165) is 0 Å². The Hall–Kier alpha value is -1.11. The van der Waals surface area contributed by atoms with E-state index in [1.165, 1.54) is 22.9 Å². The maximum Gasteiger partial charge on any atom is 0.264 e. The molecular weight excluding hydrogens is 326 g/mol. The molecule has 0 aliphatic rings. The standard InChI is InChI=1S/C12H11Cl2FN2O2S/c1-7-12(20(14,18)19)8(2)17(16-7)6-9-5-10(15)3-4-11(9)13/h3-5H,6H2,1-2H3. The first-order chi connectivity index (χ1) is 9.20. The first kappa shape index (κ1) is 15.3. The molecule has 1 heterocycles. The molecule has 0 saturated carbocycles. The predicted octanol–water partition coefficient (Wildman–Crippen LogP) is 3.27. The van der Waals surface area contributed by atoms with Crippen molar-refractivity contribution in [3.63, 3.8) is 0 Å². The van der Waals surface area contributed by atoms with Gasteiger partial charge in [0.15, 0.2) is 0 Å². The number of halogens is 3. The number of rotatable bonds is 3. The van der Waals surface area contributed by atoms with Crippen LogP contribution in [0.2, 0.25) is 5.02 Å². The summed E-state index contributed by atoms with van der Waals surface area (Å²) in [4.78, 5) is -0.0216. The molecule has 1 aromatic heterocycles. The average Bonchev–Trinajstić information content (AvgIpc) is 2.58. The molecule has 0 aliphatic heterocycles. The van der Waals surface area contributed by atoms with E-state index in [-0.39, 0.29) is 11.4 Å². The van der Waals surface area contributed by atoms with Crippen LogP contribution in [0.15, 0.2) is 23.1 Å². The maximum atomic E-state index is 13.2. The summed E-state index contributed by atoms with van der Waals surface area (Å²) in [6, 6.07) is 3.98. The van der Waals surface area contributed by atoms with Gasteiger partial charge >= 0.3 is 0 Å². The van der Waals surface area contributed by atoms with Crippen LogP contribution in [-0.4, -0.2) is 18.2 Å². The third-order valence-corrected chi connectivity index (χ3v) is 4.80. The van der Waals surface area contributed by atoms with E-state index in [1.54, 1.807) is 13.8 Å². The highest BCUT2D eigenvalue weighted by molar-refractivity contribution is 8.13. The summed E-state index contributed by atoms with van der Waals surface area (Å²) >= 11 is 5.98. The van der Waals surface area contributed by atoms with Crippen molar-refractivity contribution in [2.75, 3.05) is 0 Å². The van der Waals surface area contributed by atoms with Crippen LogP contribution in [0.5, 0.6) is 0 Å². The zero-order valence-corrected chi connectivity index (χ0v) is 13.0. The SMILES string of the molecule is Cc1nn(Cc2cc(F)ccc2Cl)c(C)c1S(=O)(=O)Cl. The second kappa shape index (κ2) is 5.35. The first-order valence-corrected chi connectivity index (χ1v) is 8.31. The van der Waals surface area contributed by atoms with E-state index in [0.29, 0.717) is 22.0 Å². The quantitative estimate of drug-likeness (QED) is 0.808. The van der Waals surface area contributed by atoms with Gasteiger partial charge < -0.3 is 0 Å². The van der Waals surface area contributed by atoms with E-state index in [2.05, 4.69) is 5.10 Å². The summed E-state index contributed by atoms with van der Waals surface area (Å²) in [5, 5.41) is 4.50.